The lowest BCUT2D eigenvalue weighted by Crippen LogP contribution is -2.50. The number of nitrogens with zero attached hydrogens (tertiary/aromatic N) is 1. The van der Waals surface area contributed by atoms with E-state index in [1.165, 1.54) is 4.90 Å². The van der Waals surface area contributed by atoms with Crippen molar-refractivity contribution in [2.45, 2.75) is 55.6 Å². The zero-order valence-electron chi connectivity index (χ0n) is 19.5. The van der Waals surface area contributed by atoms with E-state index in [1.807, 2.05) is 0 Å². The largest absolute Gasteiger partial charge is 0.335 e. The molecule has 3 fully saturated rings. The maximum Gasteiger partial charge on any atom is 0.317 e. The summed E-state index contributed by atoms with van der Waals surface area (Å²) in [6.45, 7) is -0.0152. The number of nitrogens with one attached hydrogen (secondary N) is 2. The molecule has 1 aliphatic heterocycles. The minimum atomic E-state index is -2.75. The van der Waals surface area contributed by atoms with Gasteiger partial charge in [-0.3, -0.25) is 4.72 Å². The van der Waals surface area contributed by atoms with Crippen LogP contribution in [-0.4, -0.2) is 47.5 Å². The molecule has 2 aromatic rings. The van der Waals surface area contributed by atoms with Crippen LogP contribution in [-0.2, 0) is 6.42 Å². The average molecular weight is 548 g/mol. The molecule has 4 nitrogen and oxygen atoms in total. The van der Waals surface area contributed by atoms with Crippen molar-refractivity contribution < 1.29 is 35.5 Å². The highest BCUT2D eigenvalue weighted by molar-refractivity contribution is 7.97. The minimum Gasteiger partial charge on any atom is -0.335 e. The molecule has 1 heterocycles. The number of halogens is 7. The second-order valence-electron chi connectivity index (χ2n) is 10.1. The highest BCUT2D eigenvalue weighted by Gasteiger charge is 2.61. The van der Waals surface area contributed by atoms with Crippen molar-refractivity contribution >= 4 is 18.0 Å². The molecule has 2 aromatic carbocycles. The van der Waals surface area contributed by atoms with Crippen molar-refractivity contribution in [3.63, 3.8) is 0 Å². The maximum absolute atomic E-state index is 15.6. The number of alkyl halides is 3. The van der Waals surface area contributed by atoms with E-state index >= 15 is 4.39 Å². The van der Waals surface area contributed by atoms with Crippen LogP contribution >= 0.6 is 11.9 Å². The van der Waals surface area contributed by atoms with E-state index in [9.17, 15) is 31.1 Å². The van der Waals surface area contributed by atoms with Gasteiger partial charge in [0.25, 0.3) is 5.76 Å². The van der Waals surface area contributed by atoms with Gasteiger partial charge in [-0.25, -0.2) is 26.7 Å². The van der Waals surface area contributed by atoms with Crippen LogP contribution in [0.25, 0.3) is 11.1 Å². The van der Waals surface area contributed by atoms with Crippen LogP contribution in [0.5, 0.6) is 0 Å². The van der Waals surface area contributed by atoms with Crippen molar-refractivity contribution in [1.82, 2.24) is 14.9 Å². The van der Waals surface area contributed by atoms with Crippen LogP contribution in [0.3, 0.4) is 0 Å². The number of hydrogen-bond donors (Lipinski definition) is 2. The summed E-state index contributed by atoms with van der Waals surface area (Å²) >= 11 is 0.184. The monoisotopic (exact) mass is 547 g/mol. The molecule has 0 aromatic heterocycles. The zero-order valence-corrected chi connectivity index (χ0v) is 20.3. The highest BCUT2D eigenvalue weighted by atomic mass is 32.2. The molecular weight excluding hydrogens is 523 g/mol. The second kappa shape index (κ2) is 9.68. The number of likely N-dealkylation sites (tertiary alicyclic amines) is 1. The first-order chi connectivity index (χ1) is 17.5. The Balaban J connectivity index is 1.47. The first-order valence-electron chi connectivity index (χ1n) is 11.9. The fourth-order valence-corrected chi connectivity index (χ4v) is 5.79. The Hall–Kier alpha value is -2.47. The normalized spacial score (nSPS) is 23.1. The Morgan fingerprint density at radius 3 is 2.24 bits per heavy atom. The highest BCUT2D eigenvalue weighted by Crippen LogP contribution is 2.56. The first kappa shape index (κ1) is 26.1. The van der Waals surface area contributed by atoms with E-state index in [2.05, 4.69) is 10.0 Å². The molecule has 200 valence electrons. The summed E-state index contributed by atoms with van der Waals surface area (Å²) in [5.41, 5.74) is -2.75. The van der Waals surface area contributed by atoms with Crippen LogP contribution in [0.1, 0.15) is 31.2 Å². The Morgan fingerprint density at radius 2 is 1.65 bits per heavy atom. The van der Waals surface area contributed by atoms with Gasteiger partial charge in [0.05, 0.1) is 12.6 Å². The van der Waals surface area contributed by atoms with E-state index in [0.717, 1.165) is 24.3 Å². The van der Waals surface area contributed by atoms with E-state index < -0.39 is 58.2 Å². The quantitative estimate of drug-likeness (QED) is 0.317. The van der Waals surface area contributed by atoms with Gasteiger partial charge in [-0.1, -0.05) is 0 Å². The summed E-state index contributed by atoms with van der Waals surface area (Å²) in [6.07, 6.45) is 1.68. The molecule has 2 N–H and O–H groups in total. The van der Waals surface area contributed by atoms with Crippen molar-refractivity contribution in [1.29, 1.82) is 0 Å². The average Bonchev–Trinajstić information content (AvgIpc) is 3.73. The number of hydrogen-bond acceptors (Lipinski definition) is 3. The van der Waals surface area contributed by atoms with Gasteiger partial charge in [0.1, 0.15) is 28.9 Å². The molecule has 2 amide bonds. The van der Waals surface area contributed by atoms with Crippen LogP contribution in [0.2, 0.25) is 0 Å². The molecule has 2 unspecified atom stereocenters. The van der Waals surface area contributed by atoms with Gasteiger partial charge in [0, 0.05) is 29.6 Å². The van der Waals surface area contributed by atoms with Gasteiger partial charge in [0.15, 0.2) is 0 Å². The van der Waals surface area contributed by atoms with Crippen LogP contribution in [0.15, 0.2) is 30.3 Å². The van der Waals surface area contributed by atoms with Gasteiger partial charge in [-0.15, -0.1) is 0 Å². The predicted octanol–water partition coefficient (Wildman–Crippen LogP) is 5.96. The standard InChI is InChI=1S/C25H24F7N3OS/c26-15-5-13(6-16(27)9-15)18-10-17(28)7-14(20(18)29)8-19-21(34-37-22(30)31)24(1-2-24)12-35(19)23(36)33-11-25(32)3-4-25/h5-7,9-10,19,21-22,34H,1-4,8,11-12H2,(H,33,36). The van der Waals surface area contributed by atoms with Crippen LogP contribution < -0.4 is 10.0 Å². The van der Waals surface area contributed by atoms with Crippen molar-refractivity contribution in [3.8, 4) is 11.1 Å². The predicted molar refractivity (Wildman–Crippen MR) is 125 cm³/mol. The van der Waals surface area contributed by atoms with Gasteiger partial charge in [-0.05, 0) is 79.4 Å². The molecule has 1 saturated heterocycles. The number of amides is 2. The number of carbonyl (C=O) groups excluding carboxylic acids is 1. The molecule has 2 aliphatic carbocycles. The lowest BCUT2D eigenvalue weighted by Gasteiger charge is -2.30. The molecule has 0 bridgehead atoms. The lowest BCUT2D eigenvalue weighted by molar-refractivity contribution is 0.182. The van der Waals surface area contributed by atoms with Crippen molar-refractivity contribution in [3.05, 3.63) is 59.2 Å². The summed E-state index contributed by atoms with van der Waals surface area (Å²) in [6, 6.07) is 1.92. The smallest absolute Gasteiger partial charge is 0.317 e. The van der Waals surface area contributed by atoms with Crippen LogP contribution in [0, 0.1) is 28.7 Å². The van der Waals surface area contributed by atoms with E-state index in [-0.39, 0.29) is 48.1 Å². The molecule has 3 aliphatic rings. The van der Waals surface area contributed by atoms with Gasteiger partial charge < -0.3 is 10.2 Å². The van der Waals surface area contributed by atoms with Gasteiger partial charge in [0.2, 0.25) is 0 Å². The van der Waals surface area contributed by atoms with Crippen molar-refractivity contribution in [2.24, 2.45) is 5.41 Å². The van der Waals surface area contributed by atoms with Crippen LogP contribution in [0.4, 0.5) is 35.5 Å². The number of rotatable bonds is 8. The lowest BCUT2D eigenvalue weighted by atomic mass is 9.91. The zero-order chi connectivity index (χ0) is 26.5. The maximum atomic E-state index is 15.6. The third-order valence-electron chi connectivity index (χ3n) is 7.43. The Kier molecular flexibility index (Phi) is 6.84. The summed E-state index contributed by atoms with van der Waals surface area (Å²) in [5, 5.41) is 2.55. The third-order valence-corrected chi connectivity index (χ3v) is 8.00. The molecule has 5 rings (SSSR count). The first-order valence-corrected chi connectivity index (χ1v) is 12.7. The second-order valence-corrected chi connectivity index (χ2v) is 11.0. The summed E-state index contributed by atoms with van der Waals surface area (Å²) in [5.74, 6) is -6.50. The van der Waals surface area contributed by atoms with E-state index in [0.29, 0.717) is 31.7 Å². The number of carbonyl (C=O) groups is 1. The Bertz CT molecular complexity index is 1180. The number of urea groups is 1. The van der Waals surface area contributed by atoms with Crippen molar-refractivity contribution in [2.75, 3.05) is 13.1 Å². The number of benzene rings is 2. The van der Waals surface area contributed by atoms with E-state index in [4.69, 9.17) is 0 Å². The van der Waals surface area contributed by atoms with Gasteiger partial charge >= 0.3 is 6.03 Å². The summed E-state index contributed by atoms with van der Waals surface area (Å²) in [7, 11) is 0. The SMILES string of the molecule is O=C(NCC1(F)CC1)N1CC2(CC2)C(NSC(F)F)C1Cc1cc(F)cc(-c2cc(F)cc(F)c2)c1F. The molecule has 2 saturated carbocycles. The fourth-order valence-electron chi connectivity index (χ4n) is 5.14. The fraction of sp³-hybridized carbons (Fsp3) is 0.480. The Labute approximate surface area is 213 Å². The minimum absolute atomic E-state index is 0.182. The van der Waals surface area contributed by atoms with Gasteiger partial charge in [-0.2, -0.15) is 8.78 Å². The third kappa shape index (κ3) is 5.55. The molecule has 12 heteroatoms. The molecule has 37 heavy (non-hydrogen) atoms. The molecular formula is C25H24F7N3OS. The molecule has 0 radical (unpaired) electrons. The summed E-state index contributed by atoms with van der Waals surface area (Å²) < 4.78 is 101. The topological polar surface area (TPSA) is 44.4 Å². The summed E-state index contributed by atoms with van der Waals surface area (Å²) in [4.78, 5) is 14.4. The van der Waals surface area contributed by atoms with E-state index in [1.54, 1.807) is 0 Å². The molecule has 1 spiro atoms. The molecule has 2 atom stereocenters. The Morgan fingerprint density at radius 1 is 1.00 bits per heavy atom.